The summed E-state index contributed by atoms with van der Waals surface area (Å²) in [4.78, 5) is 15.2. The lowest BCUT2D eigenvalue weighted by Crippen LogP contribution is -2.25. The quantitative estimate of drug-likeness (QED) is 0.713. The van der Waals surface area contributed by atoms with Crippen molar-refractivity contribution in [3.63, 3.8) is 0 Å². The van der Waals surface area contributed by atoms with Crippen molar-refractivity contribution >= 4 is 5.91 Å². The zero-order valence-electron chi connectivity index (χ0n) is 7.76. The van der Waals surface area contributed by atoms with Gasteiger partial charge in [-0.1, -0.05) is 12.2 Å². The summed E-state index contributed by atoms with van der Waals surface area (Å²) in [6.45, 7) is 7.69. The van der Waals surface area contributed by atoms with E-state index in [4.69, 9.17) is 4.42 Å². The van der Waals surface area contributed by atoms with Crippen LogP contribution in [-0.4, -0.2) is 17.4 Å². The van der Waals surface area contributed by atoms with E-state index in [0.29, 0.717) is 12.2 Å². The van der Waals surface area contributed by atoms with Crippen LogP contribution >= 0.6 is 0 Å². The first-order valence-corrected chi connectivity index (χ1v) is 3.94. The van der Waals surface area contributed by atoms with Gasteiger partial charge in [0.05, 0.1) is 5.69 Å². The predicted octanol–water partition coefficient (Wildman–Crippen LogP) is 1.29. The third kappa shape index (κ3) is 2.43. The highest BCUT2D eigenvalue weighted by atomic mass is 16.3. The number of rotatable bonds is 3. The summed E-state index contributed by atoms with van der Waals surface area (Å²) >= 11 is 0. The van der Waals surface area contributed by atoms with Crippen molar-refractivity contribution in [3.8, 4) is 0 Å². The summed E-state index contributed by atoms with van der Waals surface area (Å²) in [6.07, 6.45) is 1.25. The normalized spacial score (nSPS) is 9.69. The van der Waals surface area contributed by atoms with Gasteiger partial charge in [0.25, 0.3) is 5.91 Å². The molecule has 0 fully saturated rings. The molecule has 70 valence electrons. The van der Waals surface area contributed by atoms with E-state index in [9.17, 15) is 4.79 Å². The third-order valence-electron chi connectivity index (χ3n) is 1.50. The van der Waals surface area contributed by atoms with Gasteiger partial charge in [-0.15, -0.1) is 0 Å². The zero-order valence-corrected chi connectivity index (χ0v) is 7.76. The second-order valence-corrected chi connectivity index (χ2v) is 2.91. The van der Waals surface area contributed by atoms with Gasteiger partial charge < -0.3 is 9.73 Å². The Labute approximate surface area is 76.7 Å². The number of aryl methyl sites for hydroxylation is 1. The fraction of sp³-hybridized carbons (Fsp3) is 0.333. The Morgan fingerprint density at radius 3 is 2.92 bits per heavy atom. The number of aromatic nitrogens is 1. The van der Waals surface area contributed by atoms with Gasteiger partial charge >= 0.3 is 0 Å². The molecule has 0 atom stereocenters. The Bertz CT molecular complexity index is 328. The van der Waals surface area contributed by atoms with Gasteiger partial charge in [0, 0.05) is 6.54 Å². The van der Waals surface area contributed by atoms with Crippen LogP contribution in [0, 0.1) is 6.92 Å². The molecular formula is C9H12N2O2. The number of hydrogen-bond acceptors (Lipinski definition) is 3. The van der Waals surface area contributed by atoms with Crippen LogP contribution in [0.15, 0.2) is 23.0 Å². The molecule has 1 amide bonds. The van der Waals surface area contributed by atoms with Crippen molar-refractivity contribution < 1.29 is 9.21 Å². The van der Waals surface area contributed by atoms with E-state index in [-0.39, 0.29) is 11.7 Å². The molecule has 4 heteroatoms. The predicted molar refractivity (Wildman–Crippen MR) is 48.4 cm³/mol. The number of carbonyl (C=O) groups is 1. The topological polar surface area (TPSA) is 55.1 Å². The molecule has 1 aromatic heterocycles. The Morgan fingerprint density at radius 2 is 2.46 bits per heavy atom. The standard InChI is InChI=1S/C9H12N2O2/c1-6(2)4-10-9(12)8-7(3)11-5-13-8/h5H,1,4H2,2-3H3,(H,10,12). The summed E-state index contributed by atoms with van der Waals surface area (Å²) in [5.41, 5.74) is 1.49. The minimum absolute atomic E-state index is 0.252. The van der Waals surface area contributed by atoms with Crippen molar-refractivity contribution in [2.24, 2.45) is 0 Å². The molecule has 0 unspecified atom stereocenters. The van der Waals surface area contributed by atoms with Crippen LogP contribution in [0.25, 0.3) is 0 Å². The fourth-order valence-corrected chi connectivity index (χ4v) is 0.831. The maximum Gasteiger partial charge on any atom is 0.289 e. The molecule has 0 aliphatic carbocycles. The van der Waals surface area contributed by atoms with Crippen LogP contribution in [0.4, 0.5) is 0 Å². The van der Waals surface area contributed by atoms with Gasteiger partial charge in [0.1, 0.15) is 0 Å². The molecule has 1 N–H and O–H groups in total. The number of nitrogens with one attached hydrogen (secondary N) is 1. The summed E-state index contributed by atoms with van der Waals surface area (Å²) in [5.74, 6) is 0.0132. The van der Waals surface area contributed by atoms with Crippen molar-refractivity contribution in [3.05, 3.63) is 30.0 Å². The average Bonchev–Trinajstić information content (AvgIpc) is 2.47. The van der Waals surface area contributed by atoms with Crippen molar-refractivity contribution in [1.82, 2.24) is 10.3 Å². The molecule has 13 heavy (non-hydrogen) atoms. The zero-order chi connectivity index (χ0) is 9.84. The van der Waals surface area contributed by atoms with Gasteiger partial charge in [-0.2, -0.15) is 0 Å². The fourth-order valence-electron chi connectivity index (χ4n) is 0.831. The molecule has 1 heterocycles. The Balaban J connectivity index is 2.59. The highest BCUT2D eigenvalue weighted by Gasteiger charge is 2.12. The van der Waals surface area contributed by atoms with Crippen molar-refractivity contribution in [1.29, 1.82) is 0 Å². The van der Waals surface area contributed by atoms with E-state index >= 15 is 0 Å². The number of oxazole rings is 1. The van der Waals surface area contributed by atoms with Crippen molar-refractivity contribution in [2.75, 3.05) is 6.54 Å². The van der Waals surface area contributed by atoms with Crippen molar-refractivity contribution in [2.45, 2.75) is 13.8 Å². The van der Waals surface area contributed by atoms with Gasteiger partial charge in [0.2, 0.25) is 5.76 Å². The van der Waals surface area contributed by atoms with Crippen LogP contribution in [0.2, 0.25) is 0 Å². The molecule has 0 saturated carbocycles. The summed E-state index contributed by atoms with van der Waals surface area (Å²) in [7, 11) is 0. The second kappa shape index (κ2) is 3.89. The summed E-state index contributed by atoms with van der Waals surface area (Å²) in [6, 6.07) is 0. The molecule has 0 spiro atoms. The SMILES string of the molecule is C=C(C)CNC(=O)c1ocnc1C. The minimum Gasteiger partial charge on any atom is -0.438 e. The monoisotopic (exact) mass is 180 g/mol. The minimum atomic E-state index is -0.252. The molecule has 0 aliphatic rings. The molecule has 0 saturated heterocycles. The smallest absolute Gasteiger partial charge is 0.289 e. The van der Waals surface area contributed by atoms with Crippen LogP contribution < -0.4 is 5.32 Å². The first-order chi connectivity index (χ1) is 6.11. The number of nitrogens with zero attached hydrogens (tertiary/aromatic N) is 1. The molecule has 0 radical (unpaired) electrons. The molecule has 4 nitrogen and oxygen atoms in total. The highest BCUT2D eigenvalue weighted by Crippen LogP contribution is 2.03. The number of amides is 1. The largest absolute Gasteiger partial charge is 0.438 e. The van der Waals surface area contributed by atoms with E-state index in [1.54, 1.807) is 6.92 Å². The van der Waals surface area contributed by atoms with Crippen LogP contribution in [0.5, 0.6) is 0 Å². The molecule has 1 rings (SSSR count). The molecule has 0 aliphatic heterocycles. The molecule has 1 aromatic rings. The third-order valence-corrected chi connectivity index (χ3v) is 1.50. The van der Waals surface area contributed by atoms with Crippen LogP contribution in [0.1, 0.15) is 23.2 Å². The van der Waals surface area contributed by atoms with Gasteiger partial charge in [-0.3, -0.25) is 4.79 Å². The molecule has 0 bridgehead atoms. The second-order valence-electron chi connectivity index (χ2n) is 2.91. The molecular weight excluding hydrogens is 168 g/mol. The number of carbonyl (C=O) groups excluding carboxylic acids is 1. The first-order valence-electron chi connectivity index (χ1n) is 3.94. The van der Waals surface area contributed by atoms with Gasteiger partial charge in [0.15, 0.2) is 6.39 Å². The summed E-state index contributed by atoms with van der Waals surface area (Å²) < 4.78 is 4.91. The lowest BCUT2D eigenvalue weighted by atomic mass is 10.3. The van der Waals surface area contributed by atoms with Crippen LogP contribution in [-0.2, 0) is 0 Å². The lowest BCUT2D eigenvalue weighted by molar-refractivity contribution is 0.0928. The average molecular weight is 180 g/mol. The number of hydrogen-bond donors (Lipinski definition) is 1. The summed E-state index contributed by atoms with van der Waals surface area (Å²) in [5, 5.41) is 2.65. The van der Waals surface area contributed by atoms with Gasteiger partial charge in [-0.05, 0) is 13.8 Å². The van der Waals surface area contributed by atoms with E-state index in [0.717, 1.165) is 5.57 Å². The van der Waals surface area contributed by atoms with E-state index < -0.39 is 0 Å². The molecule has 0 aromatic carbocycles. The maximum atomic E-state index is 11.3. The lowest BCUT2D eigenvalue weighted by Gasteiger charge is -2.01. The van der Waals surface area contributed by atoms with Crippen LogP contribution in [0.3, 0.4) is 0 Å². The Kier molecular flexibility index (Phi) is 2.84. The highest BCUT2D eigenvalue weighted by molar-refractivity contribution is 5.92. The van der Waals surface area contributed by atoms with Gasteiger partial charge in [-0.25, -0.2) is 4.98 Å². The van der Waals surface area contributed by atoms with E-state index in [1.807, 2.05) is 6.92 Å². The van der Waals surface area contributed by atoms with E-state index in [2.05, 4.69) is 16.9 Å². The van der Waals surface area contributed by atoms with E-state index in [1.165, 1.54) is 6.39 Å². The Morgan fingerprint density at radius 1 is 1.77 bits per heavy atom. The first kappa shape index (κ1) is 9.51. The maximum absolute atomic E-state index is 11.3. The Hall–Kier alpha value is -1.58.